The Hall–Kier alpha value is -1.82. The SMILES string of the molecule is CNC(=O)C1CCCCN1CCCn1cc(N)ccc1=O. The fourth-order valence-electron chi connectivity index (χ4n) is 2.89. The highest BCUT2D eigenvalue weighted by Crippen LogP contribution is 2.17. The summed E-state index contributed by atoms with van der Waals surface area (Å²) in [6.45, 7) is 2.39. The van der Waals surface area contributed by atoms with Gasteiger partial charge >= 0.3 is 0 Å². The maximum atomic E-state index is 11.9. The van der Waals surface area contributed by atoms with Crippen LogP contribution in [0.1, 0.15) is 25.7 Å². The molecule has 6 heteroatoms. The van der Waals surface area contributed by atoms with Crippen LogP contribution >= 0.6 is 0 Å². The van der Waals surface area contributed by atoms with Gasteiger partial charge in [-0.05, 0) is 31.9 Å². The van der Waals surface area contributed by atoms with Gasteiger partial charge in [0.05, 0.1) is 6.04 Å². The van der Waals surface area contributed by atoms with Gasteiger partial charge in [0.2, 0.25) is 5.91 Å². The second kappa shape index (κ2) is 7.26. The Balaban J connectivity index is 1.90. The molecule has 1 atom stereocenters. The highest BCUT2D eigenvalue weighted by atomic mass is 16.2. The van der Waals surface area contributed by atoms with Crippen molar-refractivity contribution < 1.29 is 4.79 Å². The fraction of sp³-hybridized carbons (Fsp3) is 0.600. The van der Waals surface area contributed by atoms with E-state index in [1.54, 1.807) is 23.9 Å². The molecule has 1 unspecified atom stereocenters. The fourth-order valence-corrected chi connectivity index (χ4v) is 2.89. The van der Waals surface area contributed by atoms with E-state index in [0.717, 1.165) is 38.8 Å². The summed E-state index contributed by atoms with van der Waals surface area (Å²) in [6, 6.07) is 3.08. The molecule has 1 amide bonds. The van der Waals surface area contributed by atoms with Gasteiger partial charge in [-0.25, -0.2) is 0 Å². The average molecular weight is 292 g/mol. The largest absolute Gasteiger partial charge is 0.398 e. The number of piperidine rings is 1. The first-order valence-corrected chi connectivity index (χ1v) is 7.53. The van der Waals surface area contributed by atoms with Gasteiger partial charge in [0, 0.05) is 38.1 Å². The Morgan fingerprint density at radius 3 is 2.95 bits per heavy atom. The van der Waals surface area contributed by atoms with Gasteiger partial charge in [-0.3, -0.25) is 14.5 Å². The van der Waals surface area contributed by atoms with E-state index in [2.05, 4.69) is 10.2 Å². The van der Waals surface area contributed by atoms with Crippen molar-refractivity contribution in [2.45, 2.75) is 38.3 Å². The first-order chi connectivity index (χ1) is 10.1. The third-order valence-electron chi connectivity index (χ3n) is 4.01. The topological polar surface area (TPSA) is 80.4 Å². The average Bonchev–Trinajstić information content (AvgIpc) is 2.50. The number of carbonyl (C=O) groups excluding carboxylic acids is 1. The van der Waals surface area contributed by atoms with Crippen LogP contribution in [0.4, 0.5) is 5.69 Å². The molecule has 1 aromatic heterocycles. The number of nitrogens with two attached hydrogens (primary N) is 1. The Morgan fingerprint density at radius 1 is 1.38 bits per heavy atom. The number of carbonyl (C=O) groups is 1. The van der Waals surface area contributed by atoms with Gasteiger partial charge in [-0.15, -0.1) is 0 Å². The van der Waals surface area contributed by atoms with Crippen LogP contribution in [-0.4, -0.2) is 41.6 Å². The highest BCUT2D eigenvalue weighted by Gasteiger charge is 2.27. The number of aryl methyl sites for hydroxylation is 1. The van der Waals surface area contributed by atoms with Crippen molar-refractivity contribution in [1.82, 2.24) is 14.8 Å². The molecule has 0 saturated carbocycles. The Kier molecular flexibility index (Phi) is 5.38. The van der Waals surface area contributed by atoms with Crippen molar-refractivity contribution in [3.63, 3.8) is 0 Å². The molecule has 0 aromatic carbocycles. The summed E-state index contributed by atoms with van der Waals surface area (Å²) in [5.41, 5.74) is 6.26. The molecule has 3 N–H and O–H groups in total. The summed E-state index contributed by atoms with van der Waals surface area (Å²) in [6.07, 6.45) is 5.65. The smallest absolute Gasteiger partial charge is 0.250 e. The summed E-state index contributed by atoms with van der Waals surface area (Å²) >= 11 is 0. The lowest BCUT2D eigenvalue weighted by Gasteiger charge is -2.34. The Bertz CT molecular complexity index is 541. The van der Waals surface area contributed by atoms with Gasteiger partial charge in [0.15, 0.2) is 0 Å². The molecule has 1 aromatic rings. The lowest BCUT2D eigenvalue weighted by Crippen LogP contribution is -2.49. The highest BCUT2D eigenvalue weighted by molar-refractivity contribution is 5.81. The summed E-state index contributed by atoms with van der Waals surface area (Å²) < 4.78 is 1.63. The van der Waals surface area contributed by atoms with Gasteiger partial charge in [-0.1, -0.05) is 6.42 Å². The molecule has 2 heterocycles. The van der Waals surface area contributed by atoms with Crippen LogP contribution in [0.5, 0.6) is 0 Å². The molecule has 1 saturated heterocycles. The Morgan fingerprint density at radius 2 is 2.19 bits per heavy atom. The zero-order valence-corrected chi connectivity index (χ0v) is 12.5. The number of amides is 1. The zero-order valence-electron chi connectivity index (χ0n) is 12.5. The molecule has 0 aliphatic carbocycles. The quantitative estimate of drug-likeness (QED) is 0.824. The van der Waals surface area contributed by atoms with Crippen molar-refractivity contribution >= 4 is 11.6 Å². The first kappa shape index (κ1) is 15.6. The van der Waals surface area contributed by atoms with E-state index in [9.17, 15) is 9.59 Å². The van der Waals surface area contributed by atoms with Crippen molar-refractivity contribution in [1.29, 1.82) is 0 Å². The number of rotatable bonds is 5. The van der Waals surface area contributed by atoms with E-state index in [0.29, 0.717) is 12.2 Å². The number of pyridine rings is 1. The van der Waals surface area contributed by atoms with E-state index in [1.807, 2.05) is 0 Å². The number of nitrogens with zero attached hydrogens (tertiary/aromatic N) is 2. The van der Waals surface area contributed by atoms with Gasteiger partial charge in [0.25, 0.3) is 5.56 Å². The van der Waals surface area contributed by atoms with E-state index >= 15 is 0 Å². The number of hydrogen-bond acceptors (Lipinski definition) is 4. The standard InChI is InChI=1S/C15H24N4O2/c1-17-15(21)13-5-2-3-8-18(13)9-4-10-19-11-12(16)6-7-14(19)20/h6-7,11,13H,2-5,8-10,16H2,1H3,(H,17,21). The summed E-state index contributed by atoms with van der Waals surface area (Å²) in [5.74, 6) is 0.0934. The number of nitrogen functional groups attached to an aromatic ring is 1. The Labute approximate surface area is 124 Å². The molecule has 116 valence electrons. The van der Waals surface area contributed by atoms with Crippen LogP contribution in [-0.2, 0) is 11.3 Å². The minimum Gasteiger partial charge on any atom is -0.398 e. The van der Waals surface area contributed by atoms with Crippen LogP contribution in [0.3, 0.4) is 0 Å². The van der Waals surface area contributed by atoms with Crippen LogP contribution in [0.15, 0.2) is 23.1 Å². The number of nitrogens with one attached hydrogen (secondary N) is 1. The zero-order chi connectivity index (χ0) is 15.2. The van der Waals surface area contributed by atoms with Crippen molar-refractivity contribution in [2.75, 3.05) is 25.9 Å². The predicted molar refractivity (Wildman–Crippen MR) is 83.0 cm³/mol. The maximum Gasteiger partial charge on any atom is 0.250 e. The van der Waals surface area contributed by atoms with Crippen LogP contribution < -0.4 is 16.6 Å². The normalized spacial score (nSPS) is 19.4. The van der Waals surface area contributed by atoms with Crippen LogP contribution in [0, 0.1) is 0 Å². The molecule has 2 rings (SSSR count). The van der Waals surface area contributed by atoms with E-state index in [-0.39, 0.29) is 17.5 Å². The summed E-state index contributed by atoms with van der Waals surface area (Å²) in [5, 5.41) is 2.74. The first-order valence-electron chi connectivity index (χ1n) is 7.53. The third kappa shape index (κ3) is 4.07. The molecule has 0 radical (unpaired) electrons. The second-order valence-electron chi connectivity index (χ2n) is 5.51. The lowest BCUT2D eigenvalue weighted by molar-refractivity contribution is -0.127. The third-order valence-corrected chi connectivity index (χ3v) is 4.01. The molecule has 1 aliphatic heterocycles. The molecule has 6 nitrogen and oxygen atoms in total. The van der Waals surface area contributed by atoms with Gasteiger partial charge in [-0.2, -0.15) is 0 Å². The molecule has 21 heavy (non-hydrogen) atoms. The van der Waals surface area contributed by atoms with E-state index in [4.69, 9.17) is 5.73 Å². The van der Waals surface area contributed by atoms with E-state index < -0.39 is 0 Å². The number of aromatic nitrogens is 1. The minimum atomic E-state index is -0.0364. The molecular formula is C15H24N4O2. The second-order valence-corrected chi connectivity index (χ2v) is 5.51. The number of hydrogen-bond donors (Lipinski definition) is 2. The predicted octanol–water partition coefficient (Wildman–Crippen LogP) is 0.421. The van der Waals surface area contributed by atoms with Gasteiger partial charge < -0.3 is 15.6 Å². The maximum absolute atomic E-state index is 11.9. The van der Waals surface area contributed by atoms with Gasteiger partial charge in [0.1, 0.15) is 0 Å². The van der Waals surface area contributed by atoms with Crippen molar-refractivity contribution in [3.8, 4) is 0 Å². The lowest BCUT2D eigenvalue weighted by atomic mass is 10.0. The molecule has 1 fully saturated rings. The molecular weight excluding hydrogens is 268 g/mol. The van der Waals surface area contributed by atoms with Crippen molar-refractivity contribution in [2.24, 2.45) is 0 Å². The van der Waals surface area contributed by atoms with Crippen LogP contribution in [0.25, 0.3) is 0 Å². The number of anilines is 1. The molecule has 0 spiro atoms. The minimum absolute atomic E-state index is 0.0266. The molecule has 0 bridgehead atoms. The van der Waals surface area contributed by atoms with Crippen LogP contribution in [0.2, 0.25) is 0 Å². The number of likely N-dealkylation sites (N-methyl/N-ethyl adjacent to an activating group) is 1. The summed E-state index contributed by atoms with van der Waals surface area (Å²) in [7, 11) is 1.68. The number of likely N-dealkylation sites (tertiary alicyclic amines) is 1. The van der Waals surface area contributed by atoms with Crippen molar-refractivity contribution in [3.05, 3.63) is 28.7 Å². The van der Waals surface area contributed by atoms with E-state index in [1.165, 1.54) is 6.07 Å². The summed E-state index contributed by atoms with van der Waals surface area (Å²) in [4.78, 5) is 25.8. The molecule has 1 aliphatic rings. The monoisotopic (exact) mass is 292 g/mol.